The minimum absolute atomic E-state index is 0.0734. The van der Waals surface area contributed by atoms with Gasteiger partial charge in [-0.2, -0.15) is 5.10 Å². The van der Waals surface area contributed by atoms with E-state index in [0.717, 1.165) is 6.20 Å². The first-order valence-corrected chi connectivity index (χ1v) is 5.64. The number of nitrogens with zero attached hydrogens (tertiary/aromatic N) is 3. The van der Waals surface area contributed by atoms with Crippen LogP contribution in [0.1, 0.15) is 19.8 Å². The largest absolute Gasteiger partial charge is 0.393 e. The summed E-state index contributed by atoms with van der Waals surface area (Å²) in [5, 5.41) is 26.0. The van der Waals surface area contributed by atoms with Crippen LogP contribution in [0.5, 0.6) is 0 Å². The van der Waals surface area contributed by atoms with Crippen molar-refractivity contribution in [2.75, 3.05) is 6.54 Å². The third kappa shape index (κ3) is 4.50. The molecule has 1 heterocycles. The van der Waals surface area contributed by atoms with Gasteiger partial charge in [0.15, 0.2) is 0 Å². The maximum Gasteiger partial charge on any atom is 0.307 e. The van der Waals surface area contributed by atoms with Crippen LogP contribution in [-0.4, -0.2) is 38.4 Å². The highest BCUT2D eigenvalue weighted by Gasteiger charge is 2.11. The van der Waals surface area contributed by atoms with Gasteiger partial charge in [0, 0.05) is 6.54 Å². The molecule has 18 heavy (non-hydrogen) atoms. The van der Waals surface area contributed by atoms with Crippen molar-refractivity contribution in [3.05, 3.63) is 22.5 Å². The number of aromatic nitrogens is 2. The molecule has 0 aliphatic heterocycles. The molecule has 100 valence electrons. The van der Waals surface area contributed by atoms with Gasteiger partial charge in [0.25, 0.3) is 0 Å². The monoisotopic (exact) mass is 256 g/mol. The van der Waals surface area contributed by atoms with Crippen molar-refractivity contribution >= 4 is 11.6 Å². The summed E-state index contributed by atoms with van der Waals surface area (Å²) in [6, 6.07) is 0. The first-order valence-electron chi connectivity index (χ1n) is 5.64. The standard InChI is InChI=1S/C10H16N4O4/c1-2-9(15)3-4-11-10(16)7-13-6-8(5-12-13)14(17)18/h5-6,9,15H,2-4,7H2,1H3,(H,11,16). The second-order valence-corrected chi connectivity index (χ2v) is 3.85. The van der Waals surface area contributed by atoms with Crippen molar-refractivity contribution in [3.8, 4) is 0 Å². The third-order valence-electron chi connectivity index (χ3n) is 2.41. The maximum atomic E-state index is 11.4. The average Bonchev–Trinajstić information content (AvgIpc) is 2.77. The molecule has 8 heteroatoms. The Labute approximate surface area is 104 Å². The third-order valence-corrected chi connectivity index (χ3v) is 2.41. The predicted molar refractivity (Wildman–Crippen MR) is 62.8 cm³/mol. The normalized spacial score (nSPS) is 12.1. The molecule has 1 amide bonds. The Morgan fingerprint density at radius 3 is 3.00 bits per heavy atom. The van der Waals surface area contributed by atoms with Gasteiger partial charge < -0.3 is 10.4 Å². The van der Waals surface area contributed by atoms with Crippen molar-refractivity contribution in [3.63, 3.8) is 0 Å². The second-order valence-electron chi connectivity index (χ2n) is 3.85. The van der Waals surface area contributed by atoms with E-state index in [1.54, 1.807) is 0 Å². The fourth-order valence-electron chi connectivity index (χ4n) is 1.32. The summed E-state index contributed by atoms with van der Waals surface area (Å²) in [7, 11) is 0. The van der Waals surface area contributed by atoms with E-state index in [9.17, 15) is 20.0 Å². The molecule has 0 aliphatic rings. The number of carbonyl (C=O) groups is 1. The van der Waals surface area contributed by atoms with Crippen LogP contribution in [0.3, 0.4) is 0 Å². The van der Waals surface area contributed by atoms with Crippen LogP contribution in [-0.2, 0) is 11.3 Å². The summed E-state index contributed by atoms with van der Waals surface area (Å²) >= 11 is 0. The molecule has 1 rings (SSSR count). The molecule has 1 unspecified atom stereocenters. The number of aliphatic hydroxyl groups is 1. The van der Waals surface area contributed by atoms with Gasteiger partial charge in [-0.25, -0.2) is 0 Å². The minimum atomic E-state index is -0.570. The number of hydrogen-bond acceptors (Lipinski definition) is 5. The molecule has 0 saturated carbocycles. The van der Waals surface area contributed by atoms with Gasteiger partial charge in [-0.3, -0.25) is 19.6 Å². The van der Waals surface area contributed by atoms with Crippen molar-refractivity contribution in [1.82, 2.24) is 15.1 Å². The molecular formula is C10H16N4O4. The van der Waals surface area contributed by atoms with Gasteiger partial charge in [0.2, 0.25) is 5.91 Å². The SMILES string of the molecule is CCC(O)CCNC(=O)Cn1cc([N+](=O)[O-])cn1. The smallest absolute Gasteiger partial charge is 0.307 e. The molecule has 2 N–H and O–H groups in total. The van der Waals surface area contributed by atoms with Crippen LogP contribution < -0.4 is 5.32 Å². The van der Waals surface area contributed by atoms with Crippen molar-refractivity contribution in [2.24, 2.45) is 0 Å². The summed E-state index contributed by atoms with van der Waals surface area (Å²) in [4.78, 5) is 21.3. The molecule has 0 radical (unpaired) electrons. The lowest BCUT2D eigenvalue weighted by molar-refractivity contribution is -0.385. The lowest BCUT2D eigenvalue weighted by Crippen LogP contribution is -2.30. The van der Waals surface area contributed by atoms with Gasteiger partial charge in [-0.05, 0) is 12.8 Å². The molecule has 1 aromatic heterocycles. The molecule has 0 saturated heterocycles. The van der Waals surface area contributed by atoms with E-state index in [1.807, 2.05) is 6.92 Å². The molecule has 0 fully saturated rings. The van der Waals surface area contributed by atoms with E-state index in [1.165, 1.54) is 10.9 Å². The van der Waals surface area contributed by atoms with Crippen molar-refractivity contribution < 1.29 is 14.8 Å². The lowest BCUT2D eigenvalue weighted by Gasteiger charge is -2.08. The Balaban J connectivity index is 2.33. The number of aliphatic hydroxyl groups excluding tert-OH is 1. The molecule has 0 aliphatic carbocycles. The zero-order valence-electron chi connectivity index (χ0n) is 10.1. The van der Waals surface area contributed by atoms with Crippen LogP contribution in [0.2, 0.25) is 0 Å². The van der Waals surface area contributed by atoms with Crippen LogP contribution in [0.15, 0.2) is 12.4 Å². The van der Waals surface area contributed by atoms with Gasteiger partial charge >= 0.3 is 5.69 Å². The molecular weight excluding hydrogens is 240 g/mol. The molecule has 1 atom stereocenters. The second kappa shape index (κ2) is 6.70. The quantitative estimate of drug-likeness (QED) is 0.529. The molecule has 0 bridgehead atoms. The Bertz CT molecular complexity index is 418. The summed E-state index contributed by atoms with van der Waals surface area (Å²) < 4.78 is 1.20. The average molecular weight is 256 g/mol. The van der Waals surface area contributed by atoms with Gasteiger partial charge in [0.1, 0.15) is 18.9 Å². The van der Waals surface area contributed by atoms with E-state index >= 15 is 0 Å². The van der Waals surface area contributed by atoms with Crippen molar-refractivity contribution in [2.45, 2.75) is 32.4 Å². The molecule has 1 aromatic rings. The van der Waals surface area contributed by atoms with E-state index in [4.69, 9.17) is 0 Å². The highest BCUT2D eigenvalue weighted by Crippen LogP contribution is 2.07. The molecule has 8 nitrogen and oxygen atoms in total. The first-order chi connectivity index (χ1) is 8.52. The zero-order chi connectivity index (χ0) is 13.5. The zero-order valence-corrected chi connectivity index (χ0v) is 10.1. The summed E-state index contributed by atoms with van der Waals surface area (Å²) in [6.45, 7) is 2.16. The fourth-order valence-corrected chi connectivity index (χ4v) is 1.32. The summed E-state index contributed by atoms with van der Waals surface area (Å²) in [5.74, 6) is -0.295. The van der Waals surface area contributed by atoms with Crippen molar-refractivity contribution in [1.29, 1.82) is 0 Å². The fraction of sp³-hybridized carbons (Fsp3) is 0.600. The number of carbonyl (C=O) groups excluding carboxylic acids is 1. The number of nitro groups is 1. The van der Waals surface area contributed by atoms with Crippen LogP contribution >= 0.6 is 0 Å². The van der Waals surface area contributed by atoms with E-state index in [-0.39, 0.29) is 18.1 Å². The van der Waals surface area contributed by atoms with Crippen LogP contribution in [0, 0.1) is 10.1 Å². The number of hydrogen-bond donors (Lipinski definition) is 2. The number of amides is 1. The van der Waals surface area contributed by atoms with E-state index in [2.05, 4.69) is 10.4 Å². The number of nitrogens with one attached hydrogen (secondary N) is 1. The summed E-state index contributed by atoms with van der Waals surface area (Å²) in [6.07, 6.45) is 2.99. The Morgan fingerprint density at radius 1 is 1.72 bits per heavy atom. The van der Waals surface area contributed by atoms with Gasteiger partial charge in [-0.1, -0.05) is 6.92 Å². The molecule has 0 spiro atoms. The van der Waals surface area contributed by atoms with E-state index in [0.29, 0.717) is 19.4 Å². The van der Waals surface area contributed by atoms with Crippen LogP contribution in [0.4, 0.5) is 5.69 Å². The predicted octanol–water partition coefficient (Wildman–Crippen LogP) is 0.0685. The lowest BCUT2D eigenvalue weighted by atomic mass is 10.2. The van der Waals surface area contributed by atoms with Gasteiger partial charge in [-0.15, -0.1) is 0 Å². The summed E-state index contributed by atoms with van der Waals surface area (Å²) in [5.41, 5.74) is -0.149. The Hall–Kier alpha value is -1.96. The minimum Gasteiger partial charge on any atom is -0.393 e. The Kier molecular flexibility index (Phi) is 5.25. The number of rotatable bonds is 7. The molecule has 0 aromatic carbocycles. The topological polar surface area (TPSA) is 110 Å². The highest BCUT2D eigenvalue weighted by atomic mass is 16.6. The Morgan fingerprint density at radius 2 is 2.44 bits per heavy atom. The van der Waals surface area contributed by atoms with E-state index < -0.39 is 11.0 Å². The first kappa shape index (κ1) is 14.1. The maximum absolute atomic E-state index is 11.4. The van der Waals surface area contributed by atoms with Crippen LogP contribution in [0.25, 0.3) is 0 Å². The van der Waals surface area contributed by atoms with Gasteiger partial charge in [0.05, 0.1) is 11.0 Å². The highest BCUT2D eigenvalue weighted by molar-refractivity contribution is 5.75.